The fourth-order valence-corrected chi connectivity index (χ4v) is 4.02. The molecule has 0 bridgehead atoms. The SMILES string of the molecule is CCC(=Cc1ccccc1)[C@@H]1C[C@H]1N[C@H]1CC[C@H](NCC(=O)O)CC1.O=C(O)C(F)(F)F.O=C(O)C(F)(F)F. The molecular formula is C25H32F6N2O6. The van der Waals surface area contributed by atoms with Gasteiger partial charge in [0.25, 0.3) is 0 Å². The number of aliphatic carboxylic acids is 3. The van der Waals surface area contributed by atoms with Crippen molar-refractivity contribution < 1.29 is 56.0 Å². The number of benzene rings is 1. The van der Waals surface area contributed by atoms with Gasteiger partial charge in [0.1, 0.15) is 0 Å². The first kappa shape index (κ1) is 33.9. The van der Waals surface area contributed by atoms with Crippen molar-refractivity contribution in [2.24, 2.45) is 5.92 Å². The minimum Gasteiger partial charge on any atom is -0.480 e. The zero-order chi connectivity index (χ0) is 29.8. The third-order valence-corrected chi connectivity index (χ3v) is 6.03. The Morgan fingerprint density at radius 1 is 0.872 bits per heavy atom. The molecule has 220 valence electrons. The van der Waals surface area contributed by atoms with Gasteiger partial charge in [-0.3, -0.25) is 4.79 Å². The Hall–Kier alpha value is -3.13. The molecule has 0 saturated heterocycles. The van der Waals surface area contributed by atoms with Crippen LogP contribution in [0.5, 0.6) is 0 Å². The highest BCUT2D eigenvalue weighted by molar-refractivity contribution is 5.73. The fourth-order valence-electron chi connectivity index (χ4n) is 4.02. The van der Waals surface area contributed by atoms with Crippen LogP contribution in [-0.4, -0.2) is 70.3 Å². The van der Waals surface area contributed by atoms with Crippen LogP contribution in [0.4, 0.5) is 26.3 Å². The first-order valence-electron chi connectivity index (χ1n) is 12.1. The number of hydrogen-bond acceptors (Lipinski definition) is 5. The van der Waals surface area contributed by atoms with E-state index < -0.39 is 30.3 Å². The quantitative estimate of drug-likeness (QED) is 0.284. The van der Waals surface area contributed by atoms with E-state index in [1.54, 1.807) is 5.57 Å². The molecule has 0 heterocycles. The van der Waals surface area contributed by atoms with Crippen LogP contribution in [0.1, 0.15) is 51.0 Å². The number of carbonyl (C=O) groups is 3. The van der Waals surface area contributed by atoms with Gasteiger partial charge in [-0.2, -0.15) is 26.3 Å². The van der Waals surface area contributed by atoms with E-state index in [1.165, 1.54) is 12.0 Å². The maximum Gasteiger partial charge on any atom is 0.490 e. The number of nitrogens with one attached hydrogen (secondary N) is 2. The van der Waals surface area contributed by atoms with Crippen LogP contribution in [0.25, 0.3) is 6.08 Å². The largest absolute Gasteiger partial charge is 0.490 e. The first-order valence-corrected chi connectivity index (χ1v) is 12.1. The summed E-state index contributed by atoms with van der Waals surface area (Å²) in [6, 6.07) is 12.2. The molecule has 0 amide bonds. The van der Waals surface area contributed by atoms with E-state index in [4.69, 9.17) is 24.9 Å². The summed E-state index contributed by atoms with van der Waals surface area (Å²) in [5, 5.41) is 30.0. The molecular weight excluding hydrogens is 538 g/mol. The lowest BCUT2D eigenvalue weighted by Crippen LogP contribution is -2.42. The smallest absolute Gasteiger partial charge is 0.480 e. The lowest BCUT2D eigenvalue weighted by Gasteiger charge is -2.29. The number of rotatable bonds is 8. The van der Waals surface area contributed by atoms with Gasteiger partial charge in [-0.15, -0.1) is 0 Å². The fraction of sp³-hybridized carbons (Fsp3) is 0.560. The molecule has 5 N–H and O–H groups in total. The summed E-state index contributed by atoms with van der Waals surface area (Å²) in [6.07, 6.45) is -1.01. The number of alkyl halides is 6. The molecule has 1 aromatic rings. The van der Waals surface area contributed by atoms with Gasteiger partial charge in [0.05, 0.1) is 6.54 Å². The summed E-state index contributed by atoms with van der Waals surface area (Å²) in [5.41, 5.74) is 2.86. The predicted octanol–water partition coefficient (Wildman–Crippen LogP) is 4.71. The summed E-state index contributed by atoms with van der Waals surface area (Å²) < 4.78 is 63.5. The average molecular weight is 571 g/mol. The highest BCUT2D eigenvalue weighted by Crippen LogP contribution is 2.40. The molecule has 2 aliphatic carbocycles. The Morgan fingerprint density at radius 2 is 1.33 bits per heavy atom. The van der Waals surface area contributed by atoms with Gasteiger partial charge in [0, 0.05) is 18.1 Å². The van der Waals surface area contributed by atoms with E-state index >= 15 is 0 Å². The molecule has 2 atom stereocenters. The van der Waals surface area contributed by atoms with Gasteiger partial charge in [-0.05, 0) is 50.0 Å². The van der Waals surface area contributed by atoms with Gasteiger partial charge < -0.3 is 26.0 Å². The second kappa shape index (κ2) is 15.5. The molecule has 8 nitrogen and oxygen atoms in total. The third-order valence-electron chi connectivity index (χ3n) is 6.03. The van der Waals surface area contributed by atoms with Gasteiger partial charge in [-0.1, -0.05) is 48.9 Å². The van der Waals surface area contributed by atoms with Crippen molar-refractivity contribution in [3.05, 3.63) is 41.5 Å². The molecule has 1 aromatic carbocycles. The van der Waals surface area contributed by atoms with Crippen LogP contribution < -0.4 is 10.6 Å². The van der Waals surface area contributed by atoms with Crippen molar-refractivity contribution >= 4 is 24.0 Å². The van der Waals surface area contributed by atoms with Crippen molar-refractivity contribution in [2.75, 3.05) is 6.54 Å². The number of carboxylic acid groups (broad SMARTS) is 3. The maximum absolute atomic E-state index is 10.6. The molecule has 39 heavy (non-hydrogen) atoms. The second-order valence-corrected chi connectivity index (χ2v) is 9.03. The summed E-state index contributed by atoms with van der Waals surface area (Å²) in [6.45, 7) is 2.33. The average Bonchev–Trinajstić information content (AvgIpc) is 3.61. The molecule has 14 heteroatoms. The Labute approximate surface area is 221 Å². The normalized spacial score (nSPS) is 22.9. The van der Waals surface area contributed by atoms with Gasteiger partial charge in [0.15, 0.2) is 0 Å². The zero-order valence-electron chi connectivity index (χ0n) is 21.1. The number of hydrogen-bond donors (Lipinski definition) is 5. The van der Waals surface area contributed by atoms with Gasteiger partial charge in [0.2, 0.25) is 0 Å². The topological polar surface area (TPSA) is 136 Å². The Morgan fingerprint density at radius 3 is 1.74 bits per heavy atom. The van der Waals surface area contributed by atoms with Gasteiger partial charge in [-0.25, -0.2) is 9.59 Å². The van der Waals surface area contributed by atoms with Crippen molar-refractivity contribution in [1.82, 2.24) is 10.6 Å². The van der Waals surface area contributed by atoms with Crippen LogP contribution in [0.2, 0.25) is 0 Å². The summed E-state index contributed by atoms with van der Waals surface area (Å²) in [5.74, 6) is -5.59. The van der Waals surface area contributed by atoms with Gasteiger partial charge >= 0.3 is 30.3 Å². The minimum atomic E-state index is -5.08. The molecule has 0 radical (unpaired) electrons. The molecule has 0 aromatic heterocycles. The Bertz CT molecular complexity index is 936. The van der Waals surface area contributed by atoms with Crippen LogP contribution in [0.3, 0.4) is 0 Å². The van der Waals surface area contributed by atoms with Crippen LogP contribution in [0, 0.1) is 5.92 Å². The van der Waals surface area contributed by atoms with E-state index in [0.717, 1.165) is 32.1 Å². The van der Waals surface area contributed by atoms with Crippen molar-refractivity contribution in [3.8, 4) is 0 Å². The Kier molecular flexibility index (Phi) is 13.4. The molecule has 0 aliphatic heterocycles. The van der Waals surface area contributed by atoms with Crippen molar-refractivity contribution in [3.63, 3.8) is 0 Å². The van der Waals surface area contributed by atoms with Crippen molar-refractivity contribution in [2.45, 2.75) is 75.9 Å². The standard InChI is InChI=1S/C21H30N2O2.2C2HF3O2/c1-2-16(12-15-6-4-3-5-7-15)19-13-20(19)23-18-10-8-17(9-11-18)22-14-21(24)25;2*3-2(4,5)1(6)7/h3-7,12,17-20,22-23H,2,8-11,13-14H2,1H3,(H,24,25);2*(H,6,7)/t17-,18-,19-,20+;;/m0../s1. The third kappa shape index (κ3) is 14.0. The van der Waals surface area contributed by atoms with E-state index in [0.29, 0.717) is 24.0 Å². The maximum atomic E-state index is 10.6. The van der Waals surface area contributed by atoms with Crippen molar-refractivity contribution in [1.29, 1.82) is 0 Å². The zero-order valence-corrected chi connectivity index (χ0v) is 21.1. The van der Waals surface area contributed by atoms with E-state index in [-0.39, 0.29) is 6.54 Å². The lowest BCUT2D eigenvalue weighted by atomic mass is 9.91. The van der Waals surface area contributed by atoms with E-state index in [1.807, 2.05) is 0 Å². The monoisotopic (exact) mass is 570 g/mol. The van der Waals surface area contributed by atoms with Crippen LogP contribution >= 0.6 is 0 Å². The molecule has 3 rings (SSSR count). The summed E-state index contributed by atoms with van der Waals surface area (Å²) >= 11 is 0. The minimum absolute atomic E-state index is 0.0810. The summed E-state index contributed by atoms with van der Waals surface area (Å²) in [4.78, 5) is 28.4. The summed E-state index contributed by atoms with van der Waals surface area (Å²) in [7, 11) is 0. The first-order chi connectivity index (χ1) is 18.0. The van der Waals surface area contributed by atoms with Crippen LogP contribution in [0.15, 0.2) is 35.9 Å². The highest BCUT2D eigenvalue weighted by Gasteiger charge is 2.41. The molecule has 2 fully saturated rings. The predicted molar refractivity (Wildman–Crippen MR) is 129 cm³/mol. The highest BCUT2D eigenvalue weighted by atomic mass is 19.4. The second-order valence-electron chi connectivity index (χ2n) is 9.03. The Balaban J connectivity index is 0.000000449. The lowest BCUT2D eigenvalue weighted by molar-refractivity contribution is -0.193. The van der Waals surface area contributed by atoms with Crippen LogP contribution in [-0.2, 0) is 14.4 Å². The molecule has 2 saturated carbocycles. The number of halogens is 6. The van der Waals surface area contributed by atoms with E-state index in [2.05, 4.69) is 54.0 Å². The molecule has 0 spiro atoms. The number of carboxylic acids is 3. The van der Waals surface area contributed by atoms with E-state index in [9.17, 15) is 31.1 Å². The molecule has 0 unspecified atom stereocenters. The molecule has 2 aliphatic rings.